The highest BCUT2D eigenvalue weighted by Crippen LogP contribution is 2.37. The molecule has 0 bridgehead atoms. The van der Waals surface area contributed by atoms with Crippen molar-refractivity contribution in [3.8, 4) is 0 Å². The zero-order valence-electron chi connectivity index (χ0n) is 13.4. The summed E-state index contributed by atoms with van der Waals surface area (Å²) in [7, 11) is 0. The highest BCUT2D eigenvalue weighted by molar-refractivity contribution is 4.87. The van der Waals surface area contributed by atoms with Gasteiger partial charge in [0.1, 0.15) is 0 Å². The Balaban J connectivity index is 1.45. The molecule has 0 radical (unpaired) electrons. The van der Waals surface area contributed by atoms with E-state index in [4.69, 9.17) is 0 Å². The van der Waals surface area contributed by atoms with Gasteiger partial charge in [-0.1, -0.05) is 32.6 Å². The molecule has 116 valence electrons. The summed E-state index contributed by atoms with van der Waals surface area (Å²) in [5.41, 5.74) is 0. The van der Waals surface area contributed by atoms with E-state index in [1.165, 1.54) is 84.0 Å². The summed E-state index contributed by atoms with van der Waals surface area (Å²) in [5, 5.41) is 3.93. The van der Waals surface area contributed by atoms with E-state index in [1.807, 2.05) is 0 Å². The first-order chi connectivity index (χ1) is 9.83. The number of hydrogen-bond acceptors (Lipinski definition) is 2. The molecule has 2 nitrogen and oxygen atoms in total. The SMILES string of the molecule is CCCN1CC(CC2CC2)CC(NCC2CCCC2)C1. The van der Waals surface area contributed by atoms with Crippen molar-refractivity contribution in [2.75, 3.05) is 26.2 Å². The second-order valence-corrected chi connectivity index (χ2v) is 7.80. The van der Waals surface area contributed by atoms with E-state index in [-0.39, 0.29) is 0 Å². The average molecular weight is 278 g/mol. The van der Waals surface area contributed by atoms with Gasteiger partial charge in [-0.3, -0.25) is 0 Å². The summed E-state index contributed by atoms with van der Waals surface area (Å²) in [5.74, 6) is 3.05. The molecule has 3 fully saturated rings. The molecule has 1 saturated heterocycles. The number of nitrogens with one attached hydrogen (secondary N) is 1. The normalized spacial score (nSPS) is 32.9. The Morgan fingerprint density at radius 3 is 2.45 bits per heavy atom. The predicted octanol–water partition coefficient (Wildman–Crippen LogP) is 3.67. The Hall–Kier alpha value is -0.0800. The molecule has 0 amide bonds. The second kappa shape index (κ2) is 7.26. The lowest BCUT2D eigenvalue weighted by Gasteiger charge is -2.38. The number of likely N-dealkylation sites (tertiary alicyclic amines) is 1. The van der Waals surface area contributed by atoms with E-state index in [1.54, 1.807) is 0 Å². The Bertz CT molecular complexity index is 281. The van der Waals surface area contributed by atoms with Crippen LogP contribution in [0.15, 0.2) is 0 Å². The van der Waals surface area contributed by atoms with E-state index in [0.29, 0.717) is 0 Å². The molecular formula is C18H34N2. The number of rotatable bonds is 7. The minimum absolute atomic E-state index is 0.777. The van der Waals surface area contributed by atoms with Crippen LogP contribution in [0.2, 0.25) is 0 Å². The molecule has 1 N–H and O–H groups in total. The lowest BCUT2D eigenvalue weighted by Crippen LogP contribution is -2.50. The third-order valence-corrected chi connectivity index (χ3v) is 5.69. The van der Waals surface area contributed by atoms with Crippen LogP contribution in [-0.2, 0) is 0 Å². The van der Waals surface area contributed by atoms with Gasteiger partial charge < -0.3 is 10.2 Å². The van der Waals surface area contributed by atoms with Gasteiger partial charge in [0.15, 0.2) is 0 Å². The van der Waals surface area contributed by atoms with Gasteiger partial charge in [-0.05, 0) is 62.9 Å². The first-order valence-electron chi connectivity index (χ1n) is 9.29. The standard InChI is InChI=1S/C18H34N2/c1-2-9-20-13-17(10-15-7-8-15)11-18(14-20)19-12-16-5-3-4-6-16/h15-19H,2-14H2,1H3. The zero-order chi connectivity index (χ0) is 13.8. The fraction of sp³-hybridized carbons (Fsp3) is 1.00. The zero-order valence-corrected chi connectivity index (χ0v) is 13.4. The van der Waals surface area contributed by atoms with Crippen LogP contribution in [0.4, 0.5) is 0 Å². The van der Waals surface area contributed by atoms with Gasteiger partial charge in [0, 0.05) is 19.1 Å². The second-order valence-electron chi connectivity index (χ2n) is 7.80. The van der Waals surface area contributed by atoms with Crippen LogP contribution in [-0.4, -0.2) is 37.1 Å². The van der Waals surface area contributed by atoms with E-state index in [2.05, 4.69) is 17.1 Å². The lowest BCUT2D eigenvalue weighted by atomic mass is 9.89. The van der Waals surface area contributed by atoms with Crippen LogP contribution in [0, 0.1) is 17.8 Å². The molecule has 2 atom stereocenters. The van der Waals surface area contributed by atoms with Gasteiger partial charge in [0.2, 0.25) is 0 Å². The van der Waals surface area contributed by atoms with E-state index in [0.717, 1.165) is 23.8 Å². The summed E-state index contributed by atoms with van der Waals surface area (Å²) in [6.45, 7) is 7.61. The third kappa shape index (κ3) is 4.46. The maximum absolute atomic E-state index is 3.93. The van der Waals surface area contributed by atoms with E-state index < -0.39 is 0 Å². The van der Waals surface area contributed by atoms with Crippen LogP contribution in [0.1, 0.15) is 64.7 Å². The monoisotopic (exact) mass is 278 g/mol. The Morgan fingerprint density at radius 1 is 0.950 bits per heavy atom. The molecule has 2 aliphatic carbocycles. The van der Waals surface area contributed by atoms with Crippen molar-refractivity contribution in [2.45, 2.75) is 70.8 Å². The quantitative estimate of drug-likeness (QED) is 0.764. The summed E-state index contributed by atoms with van der Waals surface area (Å²) < 4.78 is 0. The molecule has 3 aliphatic rings. The van der Waals surface area contributed by atoms with Gasteiger partial charge in [-0.25, -0.2) is 0 Å². The molecule has 0 spiro atoms. The maximum Gasteiger partial charge on any atom is 0.0198 e. The molecule has 0 aromatic rings. The van der Waals surface area contributed by atoms with Crippen LogP contribution in [0.5, 0.6) is 0 Å². The van der Waals surface area contributed by atoms with Crippen LogP contribution in [0.25, 0.3) is 0 Å². The first-order valence-corrected chi connectivity index (χ1v) is 9.29. The van der Waals surface area contributed by atoms with Gasteiger partial charge in [-0.15, -0.1) is 0 Å². The van der Waals surface area contributed by atoms with Crippen LogP contribution in [0.3, 0.4) is 0 Å². The number of nitrogens with zero attached hydrogens (tertiary/aromatic N) is 1. The van der Waals surface area contributed by atoms with Crippen molar-refractivity contribution in [1.82, 2.24) is 10.2 Å². The summed E-state index contributed by atoms with van der Waals surface area (Å²) >= 11 is 0. The Morgan fingerprint density at radius 2 is 1.75 bits per heavy atom. The van der Waals surface area contributed by atoms with Crippen LogP contribution < -0.4 is 5.32 Å². The maximum atomic E-state index is 3.93. The van der Waals surface area contributed by atoms with Crippen molar-refractivity contribution < 1.29 is 0 Å². The van der Waals surface area contributed by atoms with Gasteiger partial charge in [-0.2, -0.15) is 0 Å². The van der Waals surface area contributed by atoms with Crippen molar-refractivity contribution in [3.63, 3.8) is 0 Å². The fourth-order valence-corrected chi connectivity index (χ4v) is 4.49. The minimum atomic E-state index is 0.777. The molecule has 0 aromatic heterocycles. The minimum Gasteiger partial charge on any atom is -0.312 e. The highest BCUT2D eigenvalue weighted by atomic mass is 15.2. The largest absolute Gasteiger partial charge is 0.312 e. The molecule has 3 rings (SSSR count). The number of piperidine rings is 1. The summed E-state index contributed by atoms with van der Waals surface area (Å²) in [4.78, 5) is 2.74. The third-order valence-electron chi connectivity index (χ3n) is 5.69. The van der Waals surface area contributed by atoms with Crippen molar-refractivity contribution in [1.29, 1.82) is 0 Å². The van der Waals surface area contributed by atoms with Gasteiger partial charge >= 0.3 is 0 Å². The van der Waals surface area contributed by atoms with Gasteiger partial charge in [0.25, 0.3) is 0 Å². The van der Waals surface area contributed by atoms with Crippen molar-refractivity contribution in [2.24, 2.45) is 17.8 Å². The fourth-order valence-electron chi connectivity index (χ4n) is 4.49. The van der Waals surface area contributed by atoms with Gasteiger partial charge in [0.05, 0.1) is 0 Å². The Kier molecular flexibility index (Phi) is 5.39. The predicted molar refractivity (Wildman–Crippen MR) is 85.9 cm³/mol. The smallest absolute Gasteiger partial charge is 0.0198 e. The lowest BCUT2D eigenvalue weighted by molar-refractivity contribution is 0.130. The summed E-state index contributed by atoms with van der Waals surface area (Å²) in [6.07, 6.45) is 13.2. The molecule has 2 unspecified atom stereocenters. The summed E-state index contributed by atoms with van der Waals surface area (Å²) in [6, 6.07) is 0.777. The van der Waals surface area contributed by atoms with Crippen molar-refractivity contribution >= 4 is 0 Å². The van der Waals surface area contributed by atoms with E-state index in [9.17, 15) is 0 Å². The van der Waals surface area contributed by atoms with E-state index >= 15 is 0 Å². The number of hydrogen-bond donors (Lipinski definition) is 1. The molecule has 0 aromatic carbocycles. The molecule has 1 heterocycles. The van der Waals surface area contributed by atoms with Crippen LogP contribution >= 0.6 is 0 Å². The average Bonchev–Trinajstić information content (AvgIpc) is 3.09. The molecular weight excluding hydrogens is 244 g/mol. The molecule has 2 saturated carbocycles. The first kappa shape index (κ1) is 14.8. The topological polar surface area (TPSA) is 15.3 Å². The molecule has 1 aliphatic heterocycles. The Labute approximate surface area is 125 Å². The van der Waals surface area contributed by atoms with Crippen molar-refractivity contribution in [3.05, 3.63) is 0 Å². The molecule has 2 heteroatoms. The highest BCUT2D eigenvalue weighted by Gasteiger charge is 2.32. The molecule has 20 heavy (non-hydrogen) atoms.